The molecule has 1 nitrogen and oxygen atoms in total. The Hall–Kier alpha value is 0.0200. The standard InChI is InChI=1S/C8H10O.Na.H/c1-2-7-5-3-4-6-8(7)9;;/h3-6,9H,2H2,1H3;;. The van der Waals surface area contributed by atoms with E-state index in [4.69, 9.17) is 5.11 Å². The fourth-order valence-corrected chi connectivity index (χ4v) is 0.810. The number of hydrogen-bond acceptors (Lipinski definition) is 1. The van der Waals surface area contributed by atoms with Gasteiger partial charge in [-0.1, -0.05) is 25.1 Å². The molecule has 1 N–H and O–H groups in total. The monoisotopic (exact) mass is 146 g/mol. The average molecular weight is 146 g/mol. The van der Waals surface area contributed by atoms with Crippen LogP contribution in [-0.2, 0) is 6.42 Å². The van der Waals surface area contributed by atoms with Gasteiger partial charge in [-0.3, -0.25) is 0 Å². The summed E-state index contributed by atoms with van der Waals surface area (Å²) < 4.78 is 0. The van der Waals surface area contributed by atoms with E-state index >= 15 is 0 Å². The molecule has 1 aromatic rings. The third kappa shape index (κ3) is 2.33. The Kier molecular flexibility index (Phi) is 4.79. The van der Waals surface area contributed by atoms with Crippen LogP contribution in [0.3, 0.4) is 0 Å². The zero-order valence-corrected chi connectivity index (χ0v) is 5.46. The second-order valence-electron chi connectivity index (χ2n) is 1.98. The van der Waals surface area contributed by atoms with E-state index in [9.17, 15) is 0 Å². The van der Waals surface area contributed by atoms with Gasteiger partial charge in [0.1, 0.15) is 5.75 Å². The fraction of sp³-hybridized carbons (Fsp3) is 0.250. The number of hydrogen-bond donors (Lipinski definition) is 1. The number of aromatic hydroxyl groups is 1. The molecular weight excluding hydrogens is 135 g/mol. The Morgan fingerprint density at radius 3 is 2.30 bits per heavy atom. The number of aryl methyl sites for hydroxylation is 1. The summed E-state index contributed by atoms with van der Waals surface area (Å²) in [6.45, 7) is 2.02. The third-order valence-corrected chi connectivity index (χ3v) is 1.37. The molecule has 0 atom stereocenters. The van der Waals surface area contributed by atoms with Crippen molar-refractivity contribution >= 4 is 29.6 Å². The van der Waals surface area contributed by atoms with Crippen molar-refractivity contribution in [2.24, 2.45) is 0 Å². The van der Waals surface area contributed by atoms with Gasteiger partial charge in [-0.2, -0.15) is 0 Å². The molecule has 0 saturated carbocycles. The van der Waals surface area contributed by atoms with E-state index in [0.717, 1.165) is 12.0 Å². The molecule has 0 bridgehead atoms. The first kappa shape index (κ1) is 10.0. The van der Waals surface area contributed by atoms with Crippen molar-refractivity contribution in [2.45, 2.75) is 13.3 Å². The van der Waals surface area contributed by atoms with Crippen LogP contribution in [-0.4, -0.2) is 34.7 Å². The van der Waals surface area contributed by atoms with Crippen LogP contribution < -0.4 is 0 Å². The van der Waals surface area contributed by atoms with E-state index in [1.165, 1.54) is 0 Å². The van der Waals surface area contributed by atoms with Crippen LogP contribution in [0.2, 0.25) is 0 Å². The van der Waals surface area contributed by atoms with E-state index < -0.39 is 0 Å². The van der Waals surface area contributed by atoms with E-state index in [-0.39, 0.29) is 29.6 Å². The normalized spacial score (nSPS) is 8.50. The molecule has 0 aliphatic carbocycles. The second kappa shape index (κ2) is 4.78. The summed E-state index contributed by atoms with van der Waals surface area (Å²) in [5.74, 6) is 0.403. The van der Waals surface area contributed by atoms with Crippen molar-refractivity contribution < 1.29 is 5.11 Å². The number of phenolic OH excluding ortho intramolecular Hbond substituents is 1. The summed E-state index contributed by atoms with van der Waals surface area (Å²) in [4.78, 5) is 0. The molecule has 0 aliphatic rings. The summed E-state index contributed by atoms with van der Waals surface area (Å²) in [5.41, 5.74) is 1.01. The van der Waals surface area contributed by atoms with E-state index in [2.05, 4.69) is 0 Å². The SMILES string of the molecule is CCc1ccccc1O.[NaH]. The van der Waals surface area contributed by atoms with Gasteiger partial charge in [0.2, 0.25) is 0 Å². The summed E-state index contributed by atoms with van der Waals surface area (Å²) in [5, 5.41) is 9.11. The second-order valence-corrected chi connectivity index (χ2v) is 1.98. The van der Waals surface area contributed by atoms with Gasteiger partial charge in [0.25, 0.3) is 0 Å². The first-order chi connectivity index (χ1) is 4.34. The average Bonchev–Trinajstić information content (AvgIpc) is 1.89. The van der Waals surface area contributed by atoms with E-state index in [1.807, 2.05) is 25.1 Å². The van der Waals surface area contributed by atoms with Crippen LogP contribution in [0.15, 0.2) is 24.3 Å². The van der Waals surface area contributed by atoms with Gasteiger partial charge in [-0.25, -0.2) is 0 Å². The van der Waals surface area contributed by atoms with E-state index in [0.29, 0.717) is 5.75 Å². The van der Waals surface area contributed by atoms with Gasteiger partial charge >= 0.3 is 29.6 Å². The Labute approximate surface area is 83.4 Å². The van der Waals surface area contributed by atoms with E-state index in [1.54, 1.807) is 6.07 Å². The Morgan fingerprint density at radius 2 is 1.90 bits per heavy atom. The van der Waals surface area contributed by atoms with Gasteiger partial charge in [-0.15, -0.1) is 0 Å². The summed E-state index contributed by atoms with van der Waals surface area (Å²) >= 11 is 0. The first-order valence-electron chi connectivity index (χ1n) is 3.11. The van der Waals surface area contributed by atoms with Crippen LogP contribution in [0.5, 0.6) is 5.75 Å². The van der Waals surface area contributed by atoms with Crippen LogP contribution in [0, 0.1) is 0 Å². The quantitative estimate of drug-likeness (QED) is 0.592. The molecule has 0 radical (unpaired) electrons. The fourth-order valence-electron chi connectivity index (χ4n) is 0.810. The maximum atomic E-state index is 9.11. The van der Waals surface area contributed by atoms with Gasteiger partial charge < -0.3 is 5.11 Å². The van der Waals surface area contributed by atoms with Crippen LogP contribution in [0.25, 0.3) is 0 Å². The molecule has 2 heteroatoms. The van der Waals surface area contributed by atoms with Crippen molar-refractivity contribution in [2.75, 3.05) is 0 Å². The molecule has 0 aromatic heterocycles. The van der Waals surface area contributed by atoms with Gasteiger partial charge in [0.05, 0.1) is 0 Å². The van der Waals surface area contributed by atoms with Crippen LogP contribution in [0.4, 0.5) is 0 Å². The summed E-state index contributed by atoms with van der Waals surface area (Å²) in [7, 11) is 0. The van der Waals surface area contributed by atoms with Gasteiger partial charge in [-0.05, 0) is 18.1 Å². The molecule has 50 valence electrons. The molecule has 0 aliphatic heterocycles. The van der Waals surface area contributed by atoms with Crippen molar-refractivity contribution in [1.29, 1.82) is 0 Å². The zero-order chi connectivity index (χ0) is 6.69. The van der Waals surface area contributed by atoms with Crippen LogP contribution >= 0.6 is 0 Å². The molecule has 0 amide bonds. The minimum atomic E-state index is 0. The maximum absolute atomic E-state index is 9.11. The van der Waals surface area contributed by atoms with Gasteiger partial charge in [0, 0.05) is 0 Å². The molecule has 0 heterocycles. The molecule has 0 fully saturated rings. The Balaban J connectivity index is 0.000000810. The predicted molar refractivity (Wildman–Crippen MR) is 44.6 cm³/mol. The van der Waals surface area contributed by atoms with Crippen molar-refractivity contribution in [3.05, 3.63) is 29.8 Å². The molecule has 10 heavy (non-hydrogen) atoms. The first-order valence-corrected chi connectivity index (χ1v) is 3.11. The summed E-state index contributed by atoms with van der Waals surface area (Å²) in [6.07, 6.45) is 0.896. The molecule has 1 rings (SSSR count). The number of para-hydroxylation sites is 1. The molecule has 0 unspecified atom stereocenters. The summed E-state index contributed by atoms with van der Waals surface area (Å²) in [6, 6.07) is 7.39. The third-order valence-electron chi connectivity index (χ3n) is 1.37. The number of rotatable bonds is 1. The van der Waals surface area contributed by atoms with Crippen molar-refractivity contribution in [1.82, 2.24) is 0 Å². The number of phenols is 1. The molecule has 1 aromatic carbocycles. The topological polar surface area (TPSA) is 20.2 Å². The van der Waals surface area contributed by atoms with Gasteiger partial charge in [0.15, 0.2) is 0 Å². The molecule has 0 spiro atoms. The molecular formula is C8H11NaO. The molecule has 0 saturated heterocycles. The Bertz CT molecular complexity index is 198. The Morgan fingerprint density at radius 1 is 1.30 bits per heavy atom. The minimum absolute atomic E-state index is 0. The zero-order valence-electron chi connectivity index (χ0n) is 5.46. The predicted octanol–water partition coefficient (Wildman–Crippen LogP) is 1.31. The van der Waals surface area contributed by atoms with Crippen molar-refractivity contribution in [3.63, 3.8) is 0 Å². The number of benzene rings is 1. The van der Waals surface area contributed by atoms with Crippen LogP contribution in [0.1, 0.15) is 12.5 Å². The van der Waals surface area contributed by atoms with Crippen molar-refractivity contribution in [3.8, 4) is 5.75 Å².